The van der Waals surface area contributed by atoms with Gasteiger partial charge in [-0.2, -0.15) is 0 Å². The number of carbonyl (C=O) groups excluding carboxylic acids is 1. The van der Waals surface area contributed by atoms with E-state index in [1.807, 2.05) is 86.6 Å². The van der Waals surface area contributed by atoms with E-state index < -0.39 is 0 Å². The molecule has 3 rings (SSSR count). The van der Waals surface area contributed by atoms with E-state index in [0.29, 0.717) is 35.8 Å². The largest absolute Gasteiger partial charge is 0.490 e. The normalized spacial score (nSPS) is 10.4. The monoisotopic (exact) mass is 346 g/mol. The van der Waals surface area contributed by atoms with Crippen LogP contribution in [-0.2, 0) is 0 Å². The summed E-state index contributed by atoms with van der Waals surface area (Å²) in [5.74, 6) is 1.23. The van der Waals surface area contributed by atoms with Crippen LogP contribution in [0.15, 0.2) is 72.8 Å². The molecule has 0 aliphatic heterocycles. The summed E-state index contributed by atoms with van der Waals surface area (Å²) in [6, 6.07) is 22.8. The highest BCUT2D eigenvalue weighted by Gasteiger charge is 2.22. The Kier molecular flexibility index (Phi) is 5.69. The molecule has 0 spiro atoms. The number of rotatable bonds is 7. The Labute approximate surface area is 154 Å². The number of hydrogen-bond donors (Lipinski definition) is 0. The molecule has 0 radical (unpaired) electrons. The van der Waals surface area contributed by atoms with Crippen LogP contribution in [0.1, 0.15) is 29.8 Å². The second-order valence-corrected chi connectivity index (χ2v) is 5.74. The average molecular weight is 346 g/mol. The van der Waals surface area contributed by atoms with Crippen LogP contribution in [0.4, 0.5) is 0 Å². The molecule has 0 atom stereocenters. The van der Waals surface area contributed by atoms with Crippen LogP contribution in [-0.4, -0.2) is 19.0 Å². The number of carbonyl (C=O) groups is 1. The summed E-state index contributed by atoms with van der Waals surface area (Å²) in [4.78, 5) is 13.2. The molecule has 0 N–H and O–H groups in total. The SMILES string of the molecule is CCOc1ccc(C(=O)c2ccccc2)c(-c2ccccc2)c1OCC. The molecule has 0 aliphatic carbocycles. The summed E-state index contributed by atoms with van der Waals surface area (Å²) in [6.07, 6.45) is 0. The maximum atomic E-state index is 13.2. The van der Waals surface area contributed by atoms with Crippen molar-refractivity contribution in [1.29, 1.82) is 0 Å². The van der Waals surface area contributed by atoms with Gasteiger partial charge in [-0.05, 0) is 31.5 Å². The molecule has 3 heteroatoms. The lowest BCUT2D eigenvalue weighted by atomic mass is 9.92. The Hall–Kier alpha value is -3.07. The smallest absolute Gasteiger partial charge is 0.193 e. The van der Waals surface area contributed by atoms with E-state index in [1.165, 1.54) is 0 Å². The van der Waals surface area contributed by atoms with Crippen molar-refractivity contribution in [1.82, 2.24) is 0 Å². The van der Waals surface area contributed by atoms with Gasteiger partial charge in [0.15, 0.2) is 17.3 Å². The number of ketones is 1. The lowest BCUT2D eigenvalue weighted by Gasteiger charge is -2.18. The van der Waals surface area contributed by atoms with Gasteiger partial charge >= 0.3 is 0 Å². The van der Waals surface area contributed by atoms with Gasteiger partial charge in [-0.25, -0.2) is 0 Å². The molecule has 0 bridgehead atoms. The van der Waals surface area contributed by atoms with Crippen molar-refractivity contribution < 1.29 is 14.3 Å². The highest BCUT2D eigenvalue weighted by Crippen LogP contribution is 2.41. The molecule has 3 aromatic rings. The molecular weight excluding hydrogens is 324 g/mol. The van der Waals surface area contributed by atoms with Gasteiger partial charge in [0.05, 0.1) is 13.2 Å². The average Bonchev–Trinajstić information content (AvgIpc) is 2.70. The predicted octanol–water partition coefficient (Wildman–Crippen LogP) is 5.38. The standard InChI is InChI=1S/C23H22O3/c1-3-25-20-16-15-19(22(24)18-13-9-6-10-14-18)21(23(20)26-4-2)17-11-7-5-8-12-17/h5-16H,3-4H2,1-2H3. The lowest BCUT2D eigenvalue weighted by molar-refractivity contribution is 0.103. The minimum atomic E-state index is -0.0338. The van der Waals surface area contributed by atoms with Crippen molar-refractivity contribution >= 4 is 5.78 Å². The van der Waals surface area contributed by atoms with Crippen molar-refractivity contribution in [3.8, 4) is 22.6 Å². The van der Waals surface area contributed by atoms with Crippen LogP contribution >= 0.6 is 0 Å². The minimum absolute atomic E-state index is 0.0338. The topological polar surface area (TPSA) is 35.5 Å². The highest BCUT2D eigenvalue weighted by molar-refractivity contribution is 6.14. The second-order valence-electron chi connectivity index (χ2n) is 5.74. The molecule has 0 heterocycles. The van der Waals surface area contributed by atoms with Gasteiger partial charge in [0.1, 0.15) is 0 Å². The van der Waals surface area contributed by atoms with E-state index in [1.54, 1.807) is 0 Å². The molecule has 3 nitrogen and oxygen atoms in total. The molecule has 0 aromatic heterocycles. The van der Waals surface area contributed by atoms with E-state index in [9.17, 15) is 4.79 Å². The Morgan fingerprint density at radius 2 is 1.38 bits per heavy atom. The Balaban J connectivity index is 2.24. The van der Waals surface area contributed by atoms with Gasteiger partial charge in [0.25, 0.3) is 0 Å². The van der Waals surface area contributed by atoms with Crippen molar-refractivity contribution in [2.75, 3.05) is 13.2 Å². The van der Waals surface area contributed by atoms with Crippen LogP contribution in [0.25, 0.3) is 11.1 Å². The first-order valence-corrected chi connectivity index (χ1v) is 8.84. The zero-order valence-corrected chi connectivity index (χ0v) is 15.1. The lowest BCUT2D eigenvalue weighted by Crippen LogP contribution is -2.07. The fourth-order valence-corrected chi connectivity index (χ4v) is 2.95. The van der Waals surface area contributed by atoms with Crippen LogP contribution in [0.2, 0.25) is 0 Å². The van der Waals surface area contributed by atoms with Crippen molar-refractivity contribution in [3.05, 3.63) is 83.9 Å². The summed E-state index contributed by atoms with van der Waals surface area (Å²) < 4.78 is 11.7. The molecule has 3 aromatic carbocycles. The fraction of sp³-hybridized carbons (Fsp3) is 0.174. The number of benzene rings is 3. The van der Waals surface area contributed by atoms with Crippen LogP contribution < -0.4 is 9.47 Å². The van der Waals surface area contributed by atoms with Gasteiger partial charge in [0.2, 0.25) is 0 Å². The van der Waals surface area contributed by atoms with E-state index in [4.69, 9.17) is 9.47 Å². The first-order valence-electron chi connectivity index (χ1n) is 8.84. The molecule has 0 aliphatic rings. The summed E-state index contributed by atoms with van der Waals surface area (Å²) in [6.45, 7) is 4.88. The quantitative estimate of drug-likeness (QED) is 0.539. The Morgan fingerprint density at radius 3 is 2.00 bits per heavy atom. The fourth-order valence-electron chi connectivity index (χ4n) is 2.95. The molecule has 0 saturated heterocycles. The molecule has 132 valence electrons. The first kappa shape index (κ1) is 17.7. The van der Waals surface area contributed by atoms with E-state index in [2.05, 4.69) is 0 Å². The van der Waals surface area contributed by atoms with E-state index in [0.717, 1.165) is 11.1 Å². The summed E-state index contributed by atoms with van der Waals surface area (Å²) in [5, 5.41) is 0. The van der Waals surface area contributed by atoms with Gasteiger partial charge in [-0.1, -0.05) is 60.7 Å². The van der Waals surface area contributed by atoms with Crippen molar-refractivity contribution in [3.63, 3.8) is 0 Å². The minimum Gasteiger partial charge on any atom is -0.490 e. The zero-order valence-electron chi connectivity index (χ0n) is 15.1. The molecule has 0 unspecified atom stereocenters. The van der Waals surface area contributed by atoms with Gasteiger partial charge in [-0.15, -0.1) is 0 Å². The summed E-state index contributed by atoms with van der Waals surface area (Å²) in [7, 11) is 0. The first-order chi connectivity index (χ1) is 12.8. The third kappa shape index (κ3) is 3.62. The highest BCUT2D eigenvalue weighted by atomic mass is 16.5. The molecule has 0 fully saturated rings. The van der Waals surface area contributed by atoms with Crippen molar-refractivity contribution in [2.45, 2.75) is 13.8 Å². The van der Waals surface area contributed by atoms with Gasteiger partial charge in [0, 0.05) is 16.7 Å². The molecule has 26 heavy (non-hydrogen) atoms. The van der Waals surface area contributed by atoms with Crippen LogP contribution in [0.5, 0.6) is 11.5 Å². The van der Waals surface area contributed by atoms with Gasteiger partial charge < -0.3 is 9.47 Å². The maximum absolute atomic E-state index is 13.2. The maximum Gasteiger partial charge on any atom is 0.193 e. The Bertz CT molecular complexity index is 871. The predicted molar refractivity (Wildman–Crippen MR) is 104 cm³/mol. The summed E-state index contributed by atoms with van der Waals surface area (Å²) in [5.41, 5.74) is 2.95. The third-order valence-electron chi connectivity index (χ3n) is 4.05. The second kappa shape index (κ2) is 8.34. The Morgan fingerprint density at radius 1 is 0.769 bits per heavy atom. The molecule has 0 amide bonds. The third-order valence-corrected chi connectivity index (χ3v) is 4.05. The summed E-state index contributed by atoms with van der Waals surface area (Å²) >= 11 is 0. The van der Waals surface area contributed by atoms with Crippen LogP contribution in [0, 0.1) is 0 Å². The zero-order chi connectivity index (χ0) is 18.4. The molecule has 0 saturated carbocycles. The van der Waals surface area contributed by atoms with Crippen LogP contribution in [0.3, 0.4) is 0 Å². The van der Waals surface area contributed by atoms with E-state index >= 15 is 0 Å². The van der Waals surface area contributed by atoms with Crippen molar-refractivity contribution in [2.24, 2.45) is 0 Å². The number of ether oxygens (including phenoxy) is 2. The number of hydrogen-bond acceptors (Lipinski definition) is 3. The van der Waals surface area contributed by atoms with Gasteiger partial charge in [-0.3, -0.25) is 4.79 Å². The molecular formula is C23H22O3. The van der Waals surface area contributed by atoms with E-state index in [-0.39, 0.29) is 5.78 Å².